The highest BCUT2D eigenvalue weighted by molar-refractivity contribution is 5.86. The number of nitrogens with one attached hydrogen (secondary N) is 2. The monoisotopic (exact) mass is 258 g/mol. The van der Waals surface area contributed by atoms with Gasteiger partial charge in [0.2, 0.25) is 5.91 Å². The van der Waals surface area contributed by atoms with Crippen LogP contribution in [-0.2, 0) is 16.9 Å². The van der Waals surface area contributed by atoms with Crippen LogP contribution in [0.4, 0.5) is 0 Å². The number of nitrogens with zero attached hydrogens (tertiary/aromatic N) is 1. The number of carbonyl (C=O) groups excluding carboxylic acids is 1. The summed E-state index contributed by atoms with van der Waals surface area (Å²) in [5, 5.41) is 9.58. The minimum absolute atomic E-state index is 0.209. The molecule has 0 saturated carbocycles. The largest absolute Gasteiger partial charge is 0.350 e. The predicted octanol–water partition coefficient (Wildman–Crippen LogP) is 1.21. The van der Waals surface area contributed by atoms with Crippen LogP contribution in [0, 0.1) is 6.92 Å². The Labute approximate surface area is 112 Å². The summed E-state index contributed by atoms with van der Waals surface area (Å²) in [6, 6.07) is 9.33. The van der Waals surface area contributed by atoms with Crippen molar-refractivity contribution in [3.05, 3.63) is 53.3 Å². The van der Waals surface area contributed by atoms with E-state index in [1.54, 1.807) is 13.1 Å². The van der Waals surface area contributed by atoms with Gasteiger partial charge in [-0.2, -0.15) is 5.10 Å². The van der Waals surface area contributed by atoms with Crippen LogP contribution in [0.1, 0.15) is 23.7 Å². The summed E-state index contributed by atoms with van der Waals surface area (Å²) in [4.78, 5) is 12.2. The number of nitrogens with two attached hydrogens (primary N) is 1. The molecular weight excluding hydrogens is 240 g/mol. The number of amides is 1. The fraction of sp³-hybridized carbons (Fsp3) is 0.286. The summed E-state index contributed by atoms with van der Waals surface area (Å²) in [5.74, 6) is -0.209. The van der Waals surface area contributed by atoms with Crippen molar-refractivity contribution in [1.82, 2.24) is 15.5 Å². The molecule has 1 amide bonds. The fourth-order valence-corrected chi connectivity index (χ4v) is 1.83. The third kappa shape index (κ3) is 2.82. The molecule has 0 bridgehead atoms. The summed E-state index contributed by atoms with van der Waals surface area (Å²) >= 11 is 0. The maximum Gasteiger partial charge on any atom is 0.244 e. The van der Waals surface area contributed by atoms with Gasteiger partial charge in [0.25, 0.3) is 0 Å². The van der Waals surface area contributed by atoms with E-state index in [1.165, 1.54) is 0 Å². The van der Waals surface area contributed by atoms with Gasteiger partial charge in [-0.1, -0.05) is 30.3 Å². The fourth-order valence-electron chi connectivity index (χ4n) is 1.83. The minimum Gasteiger partial charge on any atom is -0.350 e. The molecular formula is C14H18N4O. The number of rotatable bonds is 4. The van der Waals surface area contributed by atoms with Gasteiger partial charge in [0, 0.05) is 17.8 Å². The molecule has 0 fully saturated rings. The van der Waals surface area contributed by atoms with Crippen molar-refractivity contribution in [3.8, 4) is 0 Å². The zero-order chi connectivity index (χ0) is 13.9. The molecule has 0 spiro atoms. The molecule has 19 heavy (non-hydrogen) atoms. The van der Waals surface area contributed by atoms with Crippen LogP contribution < -0.4 is 11.1 Å². The third-order valence-corrected chi connectivity index (χ3v) is 3.22. The van der Waals surface area contributed by atoms with Crippen LogP contribution in [0.25, 0.3) is 0 Å². The van der Waals surface area contributed by atoms with Crippen molar-refractivity contribution in [1.29, 1.82) is 0 Å². The van der Waals surface area contributed by atoms with Crippen molar-refractivity contribution in [2.45, 2.75) is 25.9 Å². The first-order valence-electron chi connectivity index (χ1n) is 6.13. The lowest BCUT2D eigenvalue weighted by molar-refractivity contribution is -0.126. The quantitative estimate of drug-likeness (QED) is 0.770. The third-order valence-electron chi connectivity index (χ3n) is 3.22. The van der Waals surface area contributed by atoms with E-state index < -0.39 is 5.54 Å². The normalized spacial score (nSPS) is 13.8. The van der Waals surface area contributed by atoms with Gasteiger partial charge in [0.1, 0.15) is 5.54 Å². The van der Waals surface area contributed by atoms with Crippen molar-refractivity contribution < 1.29 is 4.79 Å². The van der Waals surface area contributed by atoms with Gasteiger partial charge in [-0.3, -0.25) is 9.89 Å². The average molecular weight is 258 g/mol. The molecule has 1 heterocycles. The Hall–Kier alpha value is -2.14. The van der Waals surface area contributed by atoms with E-state index in [-0.39, 0.29) is 5.91 Å². The van der Waals surface area contributed by atoms with Crippen LogP contribution in [0.15, 0.2) is 36.5 Å². The van der Waals surface area contributed by atoms with Crippen LogP contribution in [0.5, 0.6) is 0 Å². The number of aryl methyl sites for hydroxylation is 1. The summed E-state index contributed by atoms with van der Waals surface area (Å²) in [7, 11) is 0. The topological polar surface area (TPSA) is 83.8 Å². The molecule has 1 unspecified atom stereocenters. The number of carbonyl (C=O) groups is 1. The van der Waals surface area contributed by atoms with Gasteiger partial charge in [0.05, 0.1) is 6.20 Å². The van der Waals surface area contributed by atoms with Crippen molar-refractivity contribution in [2.24, 2.45) is 5.73 Å². The van der Waals surface area contributed by atoms with Crippen molar-refractivity contribution >= 4 is 5.91 Å². The number of aromatic amines is 1. The van der Waals surface area contributed by atoms with E-state index in [0.29, 0.717) is 6.54 Å². The van der Waals surface area contributed by atoms with Crippen LogP contribution in [0.3, 0.4) is 0 Å². The number of benzene rings is 1. The summed E-state index contributed by atoms with van der Waals surface area (Å²) in [6.07, 6.45) is 1.70. The highest BCUT2D eigenvalue weighted by Crippen LogP contribution is 2.17. The van der Waals surface area contributed by atoms with Gasteiger partial charge >= 0.3 is 0 Å². The molecule has 1 aromatic carbocycles. The van der Waals surface area contributed by atoms with Crippen LogP contribution in [-0.4, -0.2) is 16.1 Å². The Balaban J connectivity index is 2.05. The molecule has 2 aromatic rings. The van der Waals surface area contributed by atoms with E-state index in [2.05, 4.69) is 15.5 Å². The number of hydrogen-bond donors (Lipinski definition) is 3. The Morgan fingerprint density at radius 1 is 1.42 bits per heavy atom. The zero-order valence-corrected chi connectivity index (χ0v) is 11.1. The molecule has 5 nitrogen and oxygen atoms in total. The lowest BCUT2D eigenvalue weighted by Gasteiger charge is -2.24. The SMILES string of the molecule is Cc1[nH]ncc1CNC(=O)C(C)(N)c1ccccc1. The molecule has 0 radical (unpaired) electrons. The second kappa shape index (κ2) is 5.24. The lowest BCUT2D eigenvalue weighted by Crippen LogP contribution is -2.48. The minimum atomic E-state index is -1.04. The van der Waals surface area contributed by atoms with E-state index in [9.17, 15) is 4.79 Å². The molecule has 2 rings (SSSR count). The van der Waals surface area contributed by atoms with Crippen molar-refractivity contribution in [3.63, 3.8) is 0 Å². The molecule has 1 aromatic heterocycles. The van der Waals surface area contributed by atoms with E-state index in [1.807, 2.05) is 37.3 Å². The molecule has 4 N–H and O–H groups in total. The van der Waals surface area contributed by atoms with Crippen LogP contribution >= 0.6 is 0 Å². The summed E-state index contributed by atoms with van der Waals surface area (Å²) < 4.78 is 0. The molecule has 0 aliphatic heterocycles. The second-order valence-corrected chi connectivity index (χ2v) is 4.77. The van der Waals surface area contributed by atoms with Gasteiger partial charge in [-0.25, -0.2) is 0 Å². The number of H-pyrrole nitrogens is 1. The zero-order valence-electron chi connectivity index (χ0n) is 11.1. The Bertz CT molecular complexity index is 560. The van der Waals surface area contributed by atoms with Gasteiger partial charge in [-0.05, 0) is 19.4 Å². The second-order valence-electron chi connectivity index (χ2n) is 4.77. The maximum absolute atomic E-state index is 12.2. The summed E-state index contributed by atoms with van der Waals surface area (Å²) in [5.41, 5.74) is 7.77. The molecule has 1 atom stereocenters. The highest BCUT2D eigenvalue weighted by atomic mass is 16.2. The predicted molar refractivity (Wildman–Crippen MR) is 73.2 cm³/mol. The maximum atomic E-state index is 12.2. The molecule has 100 valence electrons. The Morgan fingerprint density at radius 2 is 2.11 bits per heavy atom. The molecule has 0 saturated heterocycles. The first-order chi connectivity index (χ1) is 9.01. The van der Waals surface area contributed by atoms with E-state index in [4.69, 9.17) is 5.73 Å². The molecule has 0 aliphatic rings. The lowest BCUT2D eigenvalue weighted by atomic mass is 9.92. The van der Waals surface area contributed by atoms with Gasteiger partial charge in [-0.15, -0.1) is 0 Å². The smallest absolute Gasteiger partial charge is 0.244 e. The summed E-state index contributed by atoms with van der Waals surface area (Å²) in [6.45, 7) is 4.04. The number of aromatic nitrogens is 2. The molecule has 5 heteroatoms. The van der Waals surface area contributed by atoms with Gasteiger partial charge < -0.3 is 11.1 Å². The van der Waals surface area contributed by atoms with E-state index >= 15 is 0 Å². The number of hydrogen-bond acceptors (Lipinski definition) is 3. The van der Waals surface area contributed by atoms with E-state index in [0.717, 1.165) is 16.8 Å². The van der Waals surface area contributed by atoms with Crippen molar-refractivity contribution in [2.75, 3.05) is 0 Å². The molecule has 0 aliphatic carbocycles. The Morgan fingerprint density at radius 3 is 2.68 bits per heavy atom. The Kier molecular flexibility index (Phi) is 3.66. The first-order valence-corrected chi connectivity index (χ1v) is 6.13. The van der Waals surface area contributed by atoms with Crippen LogP contribution in [0.2, 0.25) is 0 Å². The first kappa shape index (κ1) is 13.3. The average Bonchev–Trinajstić information content (AvgIpc) is 2.82. The van der Waals surface area contributed by atoms with Gasteiger partial charge in [0.15, 0.2) is 0 Å². The highest BCUT2D eigenvalue weighted by Gasteiger charge is 2.30. The standard InChI is InChI=1S/C14H18N4O/c1-10-11(9-17-18-10)8-16-13(19)14(2,15)12-6-4-3-5-7-12/h3-7,9H,8,15H2,1-2H3,(H,16,19)(H,17,18).